The molecule has 1 aliphatic heterocycles. The molecule has 0 aromatic heterocycles. The van der Waals surface area contributed by atoms with Crippen LogP contribution in [0.3, 0.4) is 0 Å². The number of piperidine rings is 1. The highest BCUT2D eigenvalue weighted by Crippen LogP contribution is 2.32. The first kappa shape index (κ1) is 18.7. The smallest absolute Gasteiger partial charge is 0.225 e. The summed E-state index contributed by atoms with van der Waals surface area (Å²) < 4.78 is 0. The zero-order valence-corrected chi connectivity index (χ0v) is 16.4. The van der Waals surface area contributed by atoms with E-state index in [4.69, 9.17) is 0 Å². The van der Waals surface area contributed by atoms with Gasteiger partial charge in [0.15, 0.2) is 0 Å². The monoisotopic (exact) mass is 376 g/mol. The molecule has 1 aliphatic carbocycles. The van der Waals surface area contributed by atoms with Gasteiger partial charge in [0, 0.05) is 24.9 Å². The predicted molar refractivity (Wildman–Crippen MR) is 110 cm³/mol. The maximum atomic E-state index is 12.7. The molecule has 4 nitrogen and oxygen atoms in total. The van der Waals surface area contributed by atoms with Crippen molar-refractivity contribution in [3.05, 3.63) is 60.2 Å². The van der Waals surface area contributed by atoms with Crippen molar-refractivity contribution in [3.63, 3.8) is 0 Å². The van der Waals surface area contributed by atoms with Crippen molar-refractivity contribution in [1.82, 2.24) is 10.2 Å². The molecule has 4 heteroatoms. The third-order valence-electron chi connectivity index (χ3n) is 5.98. The van der Waals surface area contributed by atoms with Gasteiger partial charge >= 0.3 is 0 Å². The van der Waals surface area contributed by atoms with Crippen molar-refractivity contribution in [2.24, 2.45) is 11.8 Å². The van der Waals surface area contributed by atoms with Crippen LogP contribution in [0.25, 0.3) is 11.1 Å². The van der Waals surface area contributed by atoms with Gasteiger partial charge in [0.05, 0.1) is 6.04 Å². The molecule has 1 saturated carbocycles. The normalized spacial score (nSPS) is 18.5. The number of benzene rings is 2. The fourth-order valence-electron chi connectivity index (χ4n) is 3.96. The van der Waals surface area contributed by atoms with Gasteiger partial charge in [-0.1, -0.05) is 54.6 Å². The van der Waals surface area contributed by atoms with E-state index in [9.17, 15) is 9.59 Å². The van der Waals surface area contributed by atoms with Crippen LogP contribution in [-0.4, -0.2) is 29.8 Å². The number of amides is 2. The van der Waals surface area contributed by atoms with Crippen LogP contribution in [0, 0.1) is 11.8 Å². The first-order valence-electron chi connectivity index (χ1n) is 10.4. The molecule has 146 valence electrons. The molecule has 1 saturated heterocycles. The van der Waals surface area contributed by atoms with Crippen molar-refractivity contribution in [2.75, 3.05) is 13.1 Å². The van der Waals surface area contributed by atoms with E-state index in [1.54, 1.807) is 0 Å². The number of nitrogens with zero attached hydrogens (tertiary/aromatic N) is 1. The van der Waals surface area contributed by atoms with Crippen LogP contribution in [0.4, 0.5) is 0 Å². The maximum absolute atomic E-state index is 12.7. The standard InChI is InChI=1S/C24H28N2O2/c1-17(18-7-9-20(10-8-18)19-5-3-2-4-6-19)25-23(27)21-13-15-26(16-14-21)24(28)22-11-12-22/h2-10,17,21-22H,11-16H2,1H3,(H,25,27)/t17-/m0/s1. The van der Waals surface area contributed by atoms with Crippen LogP contribution in [0.15, 0.2) is 54.6 Å². The summed E-state index contributed by atoms with van der Waals surface area (Å²) in [6, 6.07) is 18.6. The van der Waals surface area contributed by atoms with Gasteiger partial charge in [0.1, 0.15) is 0 Å². The van der Waals surface area contributed by atoms with Crippen molar-refractivity contribution in [1.29, 1.82) is 0 Å². The van der Waals surface area contributed by atoms with Crippen LogP contribution in [0.1, 0.15) is 44.2 Å². The third kappa shape index (κ3) is 4.27. The minimum atomic E-state index is -0.0246. The van der Waals surface area contributed by atoms with Crippen molar-refractivity contribution >= 4 is 11.8 Å². The van der Waals surface area contributed by atoms with Crippen molar-refractivity contribution in [3.8, 4) is 11.1 Å². The van der Waals surface area contributed by atoms with Crippen LogP contribution in [0.2, 0.25) is 0 Å². The fourth-order valence-corrected chi connectivity index (χ4v) is 3.96. The van der Waals surface area contributed by atoms with Gasteiger partial charge in [-0.15, -0.1) is 0 Å². The van der Waals surface area contributed by atoms with E-state index in [2.05, 4.69) is 41.7 Å². The topological polar surface area (TPSA) is 49.4 Å². The zero-order valence-electron chi connectivity index (χ0n) is 16.4. The van der Waals surface area contributed by atoms with E-state index in [1.165, 1.54) is 11.1 Å². The first-order valence-corrected chi connectivity index (χ1v) is 10.4. The fraction of sp³-hybridized carbons (Fsp3) is 0.417. The summed E-state index contributed by atoms with van der Waals surface area (Å²) in [7, 11) is 0. The van der Waals surface area contributed by atoms with E-state index in [-0.39, 0.29) is 23.8 Å². The lowest BCUT2D eigenvalue weighted by Gasteiger charge is -2.32. The highest BCUT2D eigenvalue weighted by atomic mass is 16.2. The van der Waals surface area contributed by atoms with E-state index in [0.29, 0.717) is 19.0 Å². The average Bonchev–Trinajstić information content (AvgIpc) is 3.59. The van der Waals surface area contributed by atoms with E-state index in [1.807, 2.05) is 30.0 Å². The van der Waals surface area contributed by atoms with Gasteiger partial charge in [-0.2, -0.15) is 0 Å². The molecule has 28 heavy (non-hydrogen) atoms. The molecule has 1 heterocycles. The number of rotatable bonds is 5. The summed E-state index contributed by atoms with van der Waals surface area (Å²) in [5, 5.41) is 3.16. The molecule has 0 spiro atoms. The van der Waals surface area contributed by atoms with E-state index in [0.717, 1.165) is 31.2 Å². The van der Waals surface area contributed by atoms with Gasteiger partial charge in [-0.05, 0) is 49.3 Å². The molecule has 0 bridgehead atoms. The lowest BCUT2D eigenvalue weighted by Crippen LogP contribution is -2.43. The van der Waals surface area contributed by atoms with Crippen molar-refractivity contribution in [2.45, 2.75) is 38.6 Å². The Hall–Kier alpha value is -2.62. The maximum Gasteiger partial charge on any atom is 0.225 e. The Morgan fingerprint density at radius 2 is 1.46 bits per heavy atom. The molecule has 0 unspecified atom stereocenters. The first-order chi connectivity index (χ1) is 13.6. The average molecular weight is 376 g/mol. The number of likely N-dealkylation sites (tertiary alicyclic amines) is 1. The number of carbonyl (C=O) groups is 2. The Labute approximate surface area is 166 Å². The lowest BCUT2D eigenvalue weighted by molar-refractivity contribution is -0.136. The summed E-state index contributed by atoms with van der Waals surface area (Å²) in [4.78, 5) is 26.8. The SMILES string of the molecule is C[C@H](NC(=O)C1CCN(C(=O)C2CC2)CC1)c1ccc(-c2ccccc2)cc1. The molecule has 2 fully saturated rings. The highest BCUT2D eigenvalue weighted by molar-refractivity contribution is 5.82. The summed E-state index contributed by atoms with van der Waals surface area (Å²) >= 11 is 0. The lowest BCUT2D eigenvalue weighted by atomic mass is 9.94. The van der Waals surface area contributed by atoms with Gasteiger partial charge in [0.25, 0.3) is 0 Å². The molecular weight excluding hydrogens is 348 g/mol. The molecule has 2 amide bonds. The summed E-state index contributed by atoms with van der Waals surface area (Å²) in [6.45, 7) is 3.46. The Balaban J connectivity index is 1.30. The summed E-state index contributed by atoms with van der Waals surface area (Å²) in [6.07, 6.45) is 3.62. The van der Waals surface area contributed by atoms with Gasteiger partial charge in [-0.3, -0.25) is 9.59 Å². The molecule has 2 aromatic carbocycles. The minimum Gasteiger partial charge on any atom is -0.349 e. The van der Waals surface area contributed by atoms with Crippen molar-refractivity contribution < 1.29 is 9.59 Å². The largest absolute Gasteiger partial charge is 0.349 e. The Kier molecular flexibility index (Phi) is 5.47. The Morgan fingerprint density at radius 3 is 2.07 bits per heavy atom. The summed E-state index contributed by atoms with van der Waals surface area (Å²) in [5.41, 5.74) is 3.48. The van der Waals surface area contributed by atoms with E-state index < -0.39 is 0 Å². The Morgan fingerprint density at radius 1 is 0.857 bits per heavy atom. The van der Waals surface area contributed by atoms with Crippen LogP contribution in [-0.2, 0) is 9.59 Å². The minimum absolute atomic E-state index is 0.00861. The van der Waals surface area contributed by atoms with E-state index >= 15 is 0 Å². The number of hydrogen-bond donors (Lipinski definition) is 1. The zero-order chi connectivity index (χ0) is 19.5. The number of carbonyl (C=O) groups excluding carboxylic acids is 2. The highest BCUT2D eigenvalue weighted by Gasteiger charge is 2.36. The predicted octanol–water partition coefficient (Wildman–Crippen LogP) is 4.18. The molecular formula is C24H28N2O2. The van der Waals surface area contributed by atoms with Crippen LogP contribution in [0.5, 0.6) is 0 Å². The van der Waals surface area contributed by atoms with Gasteiger partial charge in [0.2, 0.25) is 11.8 Å². The third-order valence-corrected chi connectivity index (χ3v) is 5.98. The van der Waals surface area contributed by atoms with Gasteiger partial charge in [-0.25, -0.2) is 0 Å². The molecule has 4 rings (SSSR count). The summed E-state index contributed by atoms with van der Waals surface area (Å²) in [5.74, 6) is 0.683. The molecule has 2 aromatic rings. The second-order valence-corrected chi connectivity index (χ2v) is 8.09. The molecule has 1 N–H and O–H groups in total. The second kappa shape index (κ2) is 8.17. The van der Waals surface area contributed by atoms with Gasteiger partial charge < -0.3 is 10.2 Å². The molecule has 2 aliphatic rings. The number of hydrogen-bond acceptors (Lipinski definition) is 2. The quantitative estimate of drug-likeness (QED) is 0.851. The molecule has 1 atom stereocenters. The number of nitrogens with one attached hydrogen (secondary N) is 1. The second-order valence-electron chi connectivity index (χ2n) is 8.09. The Bertz CT molecular complexity index is 819. The van der Waals surface area contributed by atoms with Crippen LogP contribution < -0.4 is 5.32 Å². The van der Waals surface area contributed by atoms with Crippen LogP contribution >= 0.6 is 0 Å². The molecule has 0 radical (unpaired) electrons.